The molecular formula is C32H41ClN6O3. The summed E-state index contributed by atoms with van der Waals surface area (Å²) in [5.41, 5.74) is 5.59. The van der Waals surface area contributed by atoms with Crippen LogP contribution in [-0.2, 0) is 16.1 Å². The number of aryl methyl sites for hydroxylation is 1. The van der Waals surface area contributed by atoms with E-state index in [0.29, 0.717) is 31.0 Å². The number of rotatable bonds is 9. The van der Waals surface area contributed by atoms with Gasteiger partial charge in [0.1, 0.15) is 18.2 Å². The van der Waals surface area contributed by atoms with Crippen LogP contribution in [0, 0.1) is 12.8 Å². The van der Waals surface area contributed by atoms with E-state index in [-0.39, 0.29) is 30.1 Å². The zero-order valence-electron chi connectivity index (χ0n) is 24.4. The molecule has 3 fully saturated rings. The van der Waals surface area contributed by atoms with Crippen molar-refractivity contribution in [2.24, 2.45) is 11.0 Å². The van der Waals surface area contributed by atoms with Gasteiger partial charge in [-0.25, -0.2) is 0 Å². The minimum Gasteiger partial charge on any atom is -0.492 e. The third kappa shape index (κ3) is 6.37. The molecule has 1 saturated carbocycles. The number of fused-ring (bicyclic) bond motifs is 3. The van der Waals surface area contributed by atoms with Crippen LogP contribution in [0.1, 0.15) is 49.7 Å². The molecule has 3 unspecified atom stereocenters. The molecule has 224 valence electrons. The van der Waals surface area contributed by atoms with E-state index in [1.807, 2.05) is 34.1 Å². The van der Waals surface area contributed by atoms with E-state index < -0.39 is 0 Å². The Morgan fingerprint density at radius 3 is 2.52 bits per heavy atom. The fraction of sp³-hybridized carbons (Fsp3) is 0.531. The number of carbonyl (C=O) groups excluding carboxylic acids is 2. The standard InChI is InChI=1S/C32H41ClN6O3/c1-23-6-8-24(9-7-23)22-38-31(41)27-4-2-3-5-28(27)39-29(34-35-32(38)39)14-15-30(40)37-18-16-36(17-19-37)20-21-42-26-12-10-25(33)11-13-26/h6-13,27-28,32,35H,2-5,14-22H2,1H3. The van der Waals surface area contributed by atoms with Crippen molar-refractivity contribution in [1.29, 1.82) is 0 Å². The summed E-state index contributed by atoms with van der Waals surface area (Å²) in [6, 6.07) is 15.9. The number of halogens is 1. The smallest absolute Gasteiger partial charge is 0.231 e. The molecule has 9 nitrogen and oxygen atoms in total. The highest BCUT2D eigenvalue weighted by Gasteiger charge is 2.50. The van der Waals surface area contributed by atoms with Crippen molar-refractivity contribution < 1.29 is 14.3 Å². The Morgan fingerprint density at radius 2 is 1.76 bits per heavy atom. The molecule has 10 heteroatoms. The Morgan fingerprint density at radius 1 is 1.02 bits per heavy atom. The van der Waals surface area contributed by atoms with Crippen LogP contribution in [0.4, 0.5) is 0 Å². The van der Waals surface area contributed by atoms with Crippen molar-refractivity contribution in [2.45, 2.75) is 64.3 Å². The second-order valence-electron chi connectivity index (χ2n) is 11.9. The van der Waals surface area contributed by atoms with Gasteiger partial charge in [0.2, 0.25) is 11.8 Å². The largest absolute Gasteiger partial charge is 0.492 e. The number of benzene rings is 2. The molecule has 6 rings (SSSR count). The Hall–Kier alpha value is -3.30. The van der Waals surface area contributed by atoms with Gasteiger partial charge in [-0.3, -0.25) is 24.8 Å². The van der Waals surface area contributed by atoms with Gasteiger partial charge in [0.05, 0.1) is 5.92 Å². The zero-order chi connectivity index (χ0) is 29.1. The molecule has 2 saturated heterocycles. The molecule has 42 heavy (non-hydrogen) atoms. The summed E-state index contributed by atoms with van der Waals surface area (Å²) in [4.78, 5) is 35.5. The normalized spacial score (nSPS) is 24.1. The minimum atomic E-state index is -0.290. The van der Waals surface area contributed by atoms with Crippen LogP contribution in [-0.4, -0.2) is 88.9 Å². The number of ether oxygens (including phenoxy) is 1. The molecule has 2 aromatic carbocycles. The van der Waals surface area contributed by atoms with Crippen LogP contribution in [0.25, 0.3) is 0 Å². The number of hydrogen-bond donors (Lipinski definition) is 1. The predicted octanol–water partition coefficient (Wildman–Crippen LogP) is 4.06. The first-order valence-electron chi connectivity index (χ1n) is 15.3. The number of nitrogens with one attached hydrogen (secondary N) is 1. The molecule has 0 bridgehead atoms. The van der Waals surface area contributed by atoms with E-state index >= 15 is 0 Å². The predicted molar refractivity (Wildman–Crippen MR) is 163 cm³/mol. The lowest BCUT2D eigenvalue weighted by Crippen LogP contribution is -2.67. The Labute approximate surface area is 253 Å². The summed E-state index contributed by atoms with van der Waals surface area (Å²) >= 11 is 5.94. The number of carbonyl (C=O) groups is 2. The second kappa shape index (κ2) is 12.9. The monoisotopic (exact) mass is 592 g/mol. The molecule has 0 radical (unpaired) electrons. The summed E-state index contributed by atoms with van der Waals surface area (Å²) in [7, 11) is 0. The van der Waals surface area contributed by atoms with E-state index in [4.69, 9.17) is 21.4 Å². The third-order valence-electron chi connectivity index (χ3n) is 9.10. The van der Waals surface area contributed by atoms with Gasteiger partial charge in [-0.05, 0) is 49.6 Å². The van der Waals surface area contributed by atoms with Crippen LogP contribution in [0.15, 0.2) is 53.6 Å². The molecule has 0 aromatic heterocycles. The van der Waals surface area contributed by atoms with Gasteiger partial charge in [-0.2, -0.15) is 5.10 Å². The van der Waals surface area contributed by atoms with Gasteiger partial charge in [0.15, 0.2) is 6.29 Å². The SMILES string of the molecule is Cc1ccc(CN2C(=O)C3CCCCC3N3C(CCC(=O)N4CCN(CCOc5ccc(Cl)cc5)CC4)=NNC23)cc1. The summed E-state index contributed by atoms with van der Waals surface area (Å²) in [5.74, 6) is 2.10. The number of amidine groups is 1. The zero-order valence-corrected chi connectivity index (χ0v) is 25.1. The number of piperazine rings is 1. The van der Waals surface area contributed by atoms with E-state index in [9.17, 15) is 9.59 Å². The van der Waals surface area contributed by atoms with Crippen molar-refractivity contribution in [2.75, 3.05) is 39.3 Å². The maximum atomic E-state index is 13.7. The number of hydrazone groups is 1. The lowest BCUT2D eigenvalue weighted by atomic mass is 9.80. The van der Waals surface area contributed by atoms with Gasteiger partial charge >= 0.3 is 0 Å². The van der Waals surface area contributed by atoms with Crippen molar-refractivity contribution in [3.05, 3.63) is 64.7 Å². The van der Waals surface area contributed by atoms with Crippen LogP contribution in [0.2, 0.25) is 5.02 Å². The van der Waals surface area contributed by atoms with Crippen LogP contribution in [0.5, 0.6) is 5.75 Å². The Kier molecular flexibility index (Phi) is 8.86. The summed E-state index contributed by atoms with van der Waals surface area (Å²) in [6.07, 6.45) is 4.82. The Bertz CT molecular complexity index is 1280. The second-order valence-corrected chi connectivity index (χ2v) is 12.3. The van der Waals surface area contributed by atoms with Crippen LogP contribution in [0.3, 0.4) is 0 Å². The first-order chi connectivity index (χ1) is 20.5. The quantitative estimate of drug-likeness (QED) is 0.473. The maximum Gasteiger partial charge on any atom is 0.231 e. The molecule has 3 aliphatic heterocycles. The summed E-state index contributed by atoms with van der Waals surface area (Å²) in [5, 5.41) is 5.40. The van der Waals surface area contributed by atoms with E-state index in [2.05, 4.69) is 46.4 Å². The molecule has 1 aliphatic carbocycles. The maximum absolute atomic E-state index is 13.7. The van der Waals surface area contributed by atoms with Gasteiger partial charge in [0.25, 0.3) is 0 Å². The molecule has 3 atom stereocenters. The fourth-order valence-corrected chi connectivity index (χ4v) is 6.84. The first kappa shape index (κ1) is 28.8. The minimum absolute atomic E-state index is 0.0157. The summed E-state index contributed by atoms with van der Waals surface area (Å²) < 4.78 is 5.84. The summed E-state index contributed by atoms with van der Waals surface area (Å²) in [6.45, 7) is 7.17. The van der Waals surface area contributed by atoms with Crippen molar-refractivity contribution in [1.82, 2.24) is 25.0 Å². The number of amides is 2. The van der Waals surface area contributed by atoms with Crippen molar-refractivity contribution in [3.8, 4) is 5.75 Å². The van der Waals surface area contributed by atoms with Gasteiger partial charge in [0, 0.05) is 63.2 Å². The fourth-order valence-electron chi connectivity index (χ4n) is 6.71. The molecule has 4 aliphatic rings. The van der Waals surface area contributed by atoms with E-state index in [1.54, 1.807) is 0 Å². The third-order valence-corrected chi connectivity index (χ3v) is 9.36. The molecule has 1 N–H and O–H groups in total. The molecule has 3 heterocycles. The number of nitrogens with zero attached hydrogens (tertiary/aromatic N) is 5. The van der Waals surface area contributed by atoms with Gasteiger partial charge < -0.3 is 14.5 Å². The Balaban J connectivity index is 1.01. The van der Waals surface area contributed by atoms with Crippen LogP contribution >= 0.6 is 11.6 Å². The van der Waals surface area contributed by atoms with Gasteiger partial charge in [-0.1, -0.05) is 54.3 Å². The van der Waals surface area contributed by atoms with Crippen LogP contribution < -0.4 is 10.2 Å². The van der Waals surface area contributed by atoms with E-state index in [0.717, 1.165) is 75.6 Å². The lowest BCUT2D eigenvalue weighted by molar-refractivity contribution is -0.156. The van der Waals surface area contributed by atoms with E-state index in [1.165, 1.54) is 5.56 Å². The topological polar surface area (TPSA) is 80.7 Å². The molecule has 2 aromatic rings. The lowest BCUT2D eigenvalue weighted by Gasteiger charge is -2.50. The molecular weight excluding hydrogens is 552 g/mol. The molecule has 0 spiro atoms. The number of hydrogen-bond acceptors (Lipinski definition) is 7. The first-order valence-corrected chi connectivity index (χ1v) is 15.7. The highest BCUT2D eigenvalue weighted by molar-refractivity contribution is 6.30. The van der Waals surface area contributed by atoms with Crippen molar-refractivity contribution in [3.63, 3.8) is 0 Å². The van der Waals surface area contributed by atoms with Gasteiger partial charge in [-0.15, -0.1) is 0 Å². The van der Waals surface area contributed by atoms with Crippen molar-refractivity contribution >= 4 is 29.3 Å². The highest BCUT2D eigenvalue weighted by Crippen LogP contribution is 2.38. The highest BCUT2D eigenvalue weighted by atomic mass is 35.5. The average Bonchev–Trinajstić information content (AvgIpc) is 3.44. The average molecular weight is 593 g/mol. The molecule has 2 amide bonds.